The maximum atomic E-state index is 11.9. The van der Waals surface area contributed by atoms with Gasteiger partial charge in [0.15, 0.2) is 6.10 Å². The molecule has 1 aliphatic carbocycles. The minimum absolute atomic E-state index is 0.402. The molecule has 2 rings (SSSR count). The topological polar surface area (TPSA) is 75.6 Å². The molecular weight excluding hydrogens is 246 g/mol. The Balaban J connectivity index is 1.93. The molecule has 0 saturated heterocycles. The van der Waals surface area contributed by atoms with Gasteiger partial charge in [0.25, 0.3) is 5.91 Å². The van der Waals surface area contributed by atoms with Gasteiger partial charge >= 0.3 is 5.97 Å². The molecule has 19 heavy (non-hydrogen) atoms. The molecule has 5 heteroatoms. The van der Waals surface area contributed by atoms with Crippen molar-refractivity contribution in [2.24, 2.45) is 0 Å². The van der Waals surface area contributed by atoms with Crippen LogP contribution in [0.4, 0.5) is 0 Å². The van der Waals surface area contributed by atoms with Crippen LogP contribution in [0.3, 0.4) is 0 Å². The van der Waals surface area contributed by atoms with Crippen molar-refractivity contribution < 1.29 is 19.4 Å². The van der Waals surface area contributed by atoms with Crippen molar-refractivity contribution >= 4 is 11.9 Å². The molecule has 0 bridgehead atoms. The van der Waals surface area contributed by atoms with Crippen LogP contribution in [0.1, 0.15) is 25.3 Å². The minimum atomic E-state index is -1.07. The van der Waals surface area contributed by atoms with Crippen molar-refractivity contribution in [1.82, 2.24) is 5.32 Å². The summed E-state index contributed by atoms with van der Waals surface area (Å²) in [5.74, 6) is -0.794. The summed E-state index contributed by atoms with van der Waals surface area (Å²) >= 11 is 0. The van der Waals surface area contributed by atoms with Crippen molar-refractivity contribution in [3.05, 3.63) is 29.8 Å². The van der Waals surface area contributed by atoms with Gasteiger partial charge in [-0.15, -0.1) is 0 Å². The van der Waals surface area contributed by atoms with Crippen LogP contribution >= 0.6 is 0 Å². The first kappa shape index (κ1) is 13.4. The molecular formula is C14H17NO4. The lowest BCUT2D eigenvalue weighted by Crippen LogP contribution is -2.48. The molecule has 0 spiro atoms. The van der Waals surface area contributed by atoms with Crippen LogP contribution in [0.25, 0.3) is 0 Å². The molecule has 2 N–H and O–H groups in total. The number of amides is 1. The number of carbonyl (C=O) groups excluding carboxylic acids is 1. The fourth-order valence-electron chi connectivity index (χ4n) is 1.73. The number of aryl methyl sites for hydroxylation is 1. The zero-order chi connectivity index (χ0) is 14.0. The van der Waals surface area contributed by atoms with Gasteiger partial charge in [0.2, 0.25) is 0 Å². The number of carbonyl (C=O) groups is 2. The van der Waals surface area contributed by atoms with Crippen molar-refractivity contribution in [2.45, 2.75) is 38.3 Å². The van der Waals surface area contributed by atoms with Crippen molar-refractivity contribution in [3.8, 4) is 5.75 Å². The first-order valence-corrected chi connectivity index (χ1v) is 6.22. The highest BCUT2D eigenvalue weighted by Gasteiger charge is 2.52. The minimum Gasteiger partial charge on any atom is -0.481 e. The summed E-state index contributed by atoms with van der Waals surface area (Å²) in [6, 6.07) is 7.34. The Hall–Kier alpha value is -2.04. The van der Waals surface area contributed by atoms with Crippen LogP contribution in [-0.4, -0.2) is 28.6 Å². The molecule has 1 unspecified atom stereocenters. The van der Waals surface area contributed by atoms with Gasteiger partial charge in [-0.25, -0.2) is 4.79 Å². The lowest BCUT2D eigenvalue weighted by molar-refractivity contribution is -0.144. The highest BCUT2D eigenvalue weighted by Crippen LogP contribution is 2.35. The molecule has 1 fully saturated rings. The van der Waals surface area contributed by atoms with Gasteiger partial charge in [0.1, 0.15) is 11.3 Å². The fourth-order valence-corrected chi connectivity index (χ4v) is 1.73. The van der Waals surface area contributed by atoms with Crippen molar-refractivity contribution in [1.29, 1.82) is 0 Å². The van der Waals surface area contributed by atoms with Crippen LogP contribution < -0.4 is 10.1 Å². The van der Waals surface area contributed by atoms with Crippen LogP contribution in [0.2, 0.25) is 0 Å². The Labute approximate surface area is 111 Å². The van der Waals surface area contributed by atoms with Gasteiger partial charge in [0.05, 0.1) is 0 Å². The second kappa shape index (κ2) is 4.91. The lowest BCUT2D eigenvalue weighted by atomic mass is 10.2. The molecule has 0 aliphatic heterocycles. The van der Waals surface area contributed by atoms with E-state index in [1.54, 1.807) is 19.1 Å². The molecule has 1 aromatic carbocycles. The largest absolute Gasteiger partial charge is 0.481 e. The fraction of sp³-hybridized carbons (Fsp3) is 0.429. The summed E-state index contributed by atoms with van der Waals surface area (Å²) in [5.41, 5.74) is 0.0365. The summed E-state index contributed by atoms with van der Waals surface area (Å²) < 4.78 is 5.48. The molecule has 102 valence electrons. The molecule has 1 amide bonds. The zero-order valence-electron chi connectivity index (χ0n) is 11.0. The Bertz CT molecular complexity index is 491. The monoisotopic (exact) mass is 263 g/mol. The smallest absolute Gasteiger partial charge is 0.329 e. The molecule has 1 atom stereocenters. The number of rotatable bonds is 5. The summed E-state index contributed by atoms with van der Waals surface area (Å²) in [7, 11) is 0. The first-order chi connectivity index (χ1) is 8.93. The summed E-state index contributed by atoms with van der Waals surface area (Å²) in [4.78, 5) is 22.9. The van der Waals surface area contributed by atoms with Crippen LogP contribution in [0.5, 0.6) is 5.75 Å². The third kappa shape index (κ3) is 3.05. The molecule has 0 aromatic heterocycles. The maximum Gasteiger partial charge on any atom is 0.329 e. The third-order valence-corrected chi connectivity index (χ3v) is 3.22. The number of nitrogens with one attached hydrogen (secondary N) is 1. The van der Waals surface area contributed by atoms with E-state index < -0.39 is 23.5 Å². The van der Waals surface area contributed by atoms with E-state index >= 15 is 0 Å². The average Bonchev–Trinajstić information content (AvgIpc) is 3.13. The van der Waals surface area contributed by atoms with E-state index in [1.807, 2.05) is 19.1 Å². The van der Waals surface area contributed by atoms with E-state index in [4.69, 9.17) is 9.84 Å². The maximum absolute atomic E-state index is 11.9. The van der Waals surface area contributed by atoms with Crippen LogP contribution in [-0.2, 0) is 9.59 Å². The highest BCUT2D eigenvalue weighted by atomic mass is 16.5. The number of hydrogen-bond acceptors (Lipinski definition) is 3. The lowest BCUT2D eigenvalue weighted by Gasteiger charge is -2.18. The van der Waals surface area contributed by atoms with Gasteiger partial charge in [-0.3, -0.25) is 4.79 Å². The SMILES string of the molecule is Cc1ccc(OC(C)C(=O)NC2(C(=O)O)CC2)cc1. The Kier molecular flexibility index (Phi) is 3.46. The van der Waals surface area contributed by atoms with E-state index in [9.17, 15) is 9.59 Å². The second-order valence-electron chi connectivity index (χ2n) is 4.95. The van der Waals surface area contributed by atoms with Gasteiger partial charge in [-0.2, -0.15) is 0 Å². The summed E-state index contributed by atoms with van der Waals surface area (Å²) in [5, 5.41) is 11.5. The number of hydrogen-bond donors (Lipinski definition) is 2. The van der Waals surface area contributed by atoms with Gasteiger partial charge in [-0.05, 0) is 38.8 Å². The Morgan fingerprint density at radius 3 is 2.37 bits per heavy atom. The number of aliphatic carboxylic acids is 1. The normalized spacial score (nSPS) is 17.4. The molecule has 1 aromatic rings. The van der Waals surface area contributed by atoms with Gasteiger partial charge in [-0.1, -0.05) is 17.7 Å². The quantitative estimate of drug-likeness (QED) is 0.844. The van der Waals surface area contributed by atoms with Crippen LogP contribution in [0.15, 0.2) is 24.3 Å². The highest BCUT2D eigenvalue weighted by molar-refractivity contribution is 5.91. The molecule has 0 heterocycles. The van der Waals surface area contributed by atoms with E-state index in [-0.39, 0.29) is 0 Å². The standard InChI is InChI=1S/C14H17NO4/c1-9-3-5-11(6-4-9)19-10(2)12(16)15-14(7-8-14)13(17)18/h3-6,10H,7-8H2,1-2H3,(H,15,16)(H,17,18). The van der Waals surface area contributed by atoms with E-state index in [2.05, 4.69) is 5.32 Å². The molecule has 5 nitrogen and oxygen atoms in total. The summed E-state index contributed by atoms with van der Waals surface area (Å²) in [6.07, 6.45) is 0.232. The van der Waals surface area contributed by atoms with Gasteiger partial charge < -0.3 is 15.2 Å². The Morgan fingerprint density at radius 2 is 1.89 bits per heavy atom. The molecule has 1 saturated carbocycles. The molecule has 0 radical (unpaired) electrons. The second-order valence-corrected chi connectivity index (χ2v) is 4.95. The van der Waals surface area contributed by atoms with E-state index in [0.29, 0.717) is 18.6 Å². The predicted octanol–water partition coefficient (Wildman–Crippen LogP) is 1.50. The van der Waals surface area contributed by atoms with Crippen LogP contribution in [0, 0.1) is 6.92 Å². The predicted molar refractivity (Wildman–Crippen MR) is 69.0 cm³/mol. The third-order valence-electron chi connectivity index (χ3n) is 3.22. The average molecular weight is 263 g/mol. The van der Waals surface area contributed by atoms with E-state index in [1.165, 1.54) is 0 Å². The van der Waals surface area contributed by atoms with Crippen molar-refractivity contribution in [3.63, 3.8) is 0 Å². The van der Waals surface area contributed by atoms with E-state index in [0.717, 1.165) is 5.56 Å². The number of carboxylic acids is 1. The first-order valence-electron chi connectivity index (χ1n) is 6.22. The molecule has 1 aliphatic rings. The number of benzene rings is 1. The van der Waals surface area contributed by atoms with Crippen molar-refractivity contribution in [2.75, 3.05) is 0 Å². The Morgan fingerprint density at radius 1 is 1.32 bits per heavy atom. The zero-order valence-corrected chi connectivity index (χ0v) is 11.0. The summed E-state index contributed by atoms with van der Waals surface area (Å²) in [6.45, 7) is 3.57. The number of carboxylic acid groups (broad SMARTS) is 1. The van der Waals surface area contributed by atoms with Gasteiger partial charge in [0, 0.05) is 0 Å². The number of ether oxygens (including phenoxy) is 1.